The number of hydrogen-bond acceptors (Lipinski definition) is 5. The third-order valence-corrected chi connectivity index (χ3v) is 4.49. The predicted molar refractivity (Wildman–Crippen MR) is 72.8 cm³/mol. The number of benzene rings is 1. The molecule has 1 aliphatic heterocycles. The standard InChI is InChI=1S/C13H13N3O4S/c1-13(11(17)16(8-7-14)12(18)15-13)9-3-5-10(6-4-9)21(2,19)20/h3-6H,8H2,1-2H3,(H,15,18)/t13-/m1/s1. The molecule has 1 atom stereocenters. The lowest BCUT2D eigenvalue weighted by Crippen LogP contribution is -2.40. The quantitative estimate of drug-likeness (QED) is 0.641. The Balaban J connectivity index is 2.40. The summed E-state index contributed by atoms with van der Waals surface area (Å²) >= 11 is 0. The van der Waals surface area contributed by atoms with Crippen LogP contribution in [0.1, 0.15) is 12.5 Å². The molecule has 1 saturated heterocycles. The Kier molecular flexibility index (Phi) is 3.47. The first-order valence-corrected chi connectivity index (χ1v) is 7.91. The maximum Gasteiger partial charge on any atom is 0.326 e. The predicted octanol–water partition coefficient (Wildman–Crippen LogP) is 0.381. The molecule has 0 saturated carbocycles. The van der Waals surface area contributed by atoms with Crippen LogP contribution in [0.25, 0.3) is 0 Å². The van der Waals surface area contributed by atoms with Crippen LogP contribution in [0, 0.1) is 11.3 Å². The van der Waals surface area contributed by atoms with Gasteiger partial charge in [0.25, 0.3) is 5.91 Å². The van der Waals surface area contributed by atoms with Crippen LogP contribution >= 0.6 is 0 Å². The number of carbonyl (C=O) groups excluding carboxylic acids is 2. The van der Waals surface area contributed by atoms with Gasteiger partial charge in [-0.15, -0.1) is 0 Å². The fourth-order valence-electron chi connectivity index (χ4n) is 2.14. The van der Waals surface area contributed by atoms with Crippen LogP contribution in [0.5, 0.6) is 0 Å². The van der Waals surface area contributed by atoms with Gasteiger partial charge in [0.15, 0.2) is 9.84 Å². The number of rotatable bonds is 3. The van der Waals surface area contributed by atoms with E-state index in [4.69, 9.17) is 5.26 Å². The van der Waals surface area contributed by atoms with Gasteiger partial charge >= 0.3 is 6.03 Å². The van der Waals surface area contributed by atoms with Crippen molar-refractivity contribution in [3.8, 4) is 6.07 Å². The Morgan fingerprint density at radius 1 is 1.29 bits per heavy atom. The molecule has 1 aromatic carbocycles. The van der Waals surface area contributed by atoms with Crippen LogP contribution in [0.4, 0.5) is 4.79 Å². The molecular formula is C13H13N3O4S. The Bertz CT molecular complexity index is 749. The highest BCUT2D eigenvalue weighted by Crippen LogP contribution is 2.29. The van der Waals surface area contributed by atoms with E-state index in [0.717, 1.165) is 11.2 Å². The topological polar surface area (TPSA) is 107 Å². The van der Waals surface area contributed by atoms with Gasteiger partial charge in [0.2, 0.25) is 0 Å². The molecule has 3 amide bonds. The average Bonchev–Trinajstić information content (AvgIpc) is 2.63. The fraction of sp³-hybridized carbons (Fsp3) is 0.308. The fourth-order valence-corrected chi connectivity index (χ4v) is 2.77. The summed E-state index contributed by atoms with van der Waals surface area (Å²) in [6.45, 7) is 1.18. The molecule has 0 aliphatic carbocycles. The minimum Gasteiger partial charge on any atom is -0.319 e. The zero-order valence-electron chi connectivity index (χ0n) is 11.5. The number of hydrogen-bond donors (Lipinski definition) is 1. The SMILES string of the molecule is C[C@]1(c2ccc(S(C)(=O)=O)cc2)NC(=O)N(CC#N)C1=O. The summed E-state index contributed by atoms with van der Waals surface area (Å²) in [5, 5.41) is 11.2. The molecule has 1 aromatic rings. The van der Waals surface area contributed by atoms with E-state index in [9.17, 15) is 18.0 Å². The molecule has 1 fully saturated rings. The van der Waals surface area contributed by atoms with E-state index in [1.54, 1.807) is 6.07 Å². The van der Waals surface area contributed by atoms with Gasteiger partial charge in [-0.1, -0.05) is 12.1 Å². The number of urea groups is 1. The van der Waals surface area contributed by atoms with Gasteiger partial charge in [0, 0.05) is 6.26 Å². The summed E-state index contributed by atoms with van der Waals surface area (Å²) in [5.41, 5.74) is -0.849. The normalized spacial score (nSPS) is 22.0. The van der Waals surface area contributed by atoms with E-state index in [1.807, 2.05) is 0 Å². The van der Waals surface area contributed by atoms with E-state index in [0.29, 0.717) is 5.56 Å². The Labute approximate surface area is 122 Å². The second-order valence-electron chi connectivity index (χ2n) is 4.90. The highest BCUT2D eigenvalue weighted by molar-refractivity contribution is 7.90. The lowest BCUT2D eigenvalue weighted by Gasteiger charge is -2.22. The van der Waals surface area contributed by atoms with Crippen LogP contribution < -0.4 is 5.32 Å². The lowest BCUT2D eigenvalue weighted by atomic mass is 9.92. The zero-order chi connectivity index (χ0) is 15.8. The Morgan fingerprint density at radius 2 is 1.86 bits per heavy atom. The van der Waals surface area contributed by atoms with E-state index >= 15 is 0 Å². The van der Waals surface area contributed by atoms with Crippen LogP contribution in [-0.2, 0) is 20.2 Å². The van der Waals surface area contributed by atoms with Crippen molar-refractivity contribution in [3.63, 3.8) is 0 Å². The van der Waals surface area contributed by atoms with E-state index in [-0.39, 0.29) is 11.4 Å². The van der Waals surface area contributed by atoms with Crippen molar-refractivity contribution in [1.29, 1.82) is 5.26 Å². The van der Waals surface area contributed by atoms with Gasteiger partial charge in [-0.05, 0) is 24.6 Å². The number of amides is 3. The molecule has 1 N–H and O–H groups in total. The average molecular weight is 307 g/mol. The monoisotopic (exact) mass is 307 g/mol. The van der Waals surface area contributed by atoms with Gasteiger partial charge in [-0.2, -0.15) is 5.26 Å². The van der Waals surface area contributed by atoms with Gasteiger partial charge in [0.1, 0.15) is 12.1 Å². The highest BCUT2D eigenvalue weighted by Gasteiger charge is 2.48. The van der Waals surface area contributed by atoms with Crippen molar-refractivity contribution in [2.24, 2.45) is 0 Å². The lowest BCUT2D eigenvalue weighted by molar-refractivity contribution is -0.130. The number of imide groups is 1. The first-order chi connectivity index (χ1) is 9.70. The molecular weight excluding hydrogens is 294 g/mol. The van der Waals surface area contributed by atoms with Crippen molar-refractivity contribution in [2.75, 3.05) is 12.8 Å². The van der Waals surface area contributed by atoms with E-state index in [2.05, 4.69) is 5.32 Å². The second kappa shape index (κ2) is 4.86. The van der Waals surface area contributed by atoms with Gasteiger partial charge in [-0.3, -0.25) is 4.79 Å². The van der Waals surface area contributed by atoms with E-state index < -0.39 is 27.3 Å². The number of sulfone groups is 1. The van der Waals surface area contributed by atoms with E-state index in [1.165, 1.54) is 31.2 Å². The van der Waals surface area contributed by atoms with Crippen molar-refractivity contribution in [2.45, 2.75) is 17.4 Å². The summed E-state index contributed by atoms with van der Waals surface area (Å²) in [7, 11) is -3.33. The van der Waals surface area contributed by atoms with Crippen LogP contribution in [0.2, 0.25) is 0 Å². The molecule has 110 valence electrons. The minimum absolute atomic E-state index is 0.125. The molecule has 0 bridgehead atoms. The Hall–Kier alpha value is -2.40. The summed E-state index contributed by atoms with van der Waals surface area (Å²) in [6.07, 6.45) is 1.08. The molecule has 0 radical (unpaired) electrons. The van der Waals surface area contributed by atoms with Gasteiger partial charge in [-0.25, -0.2) is 18.1 Å². The molecule has 1 heterocycles. The molecule has 2 rings (SSSR count). The number of nitriles is 1. The molecule has 8 heteroatoms. The smallest absolute Gasteiger partial charge is 0.319 e. The summed E-state index contributed by atoms with van der Waals surface area (Å²) in [4.78, 5) is 25.0. The van der Waals surface area contributed by atoms with Crippen molar-refractivity contribution < 1.29 is 18.0 Å². The van der Waals surface area contributed by atoms with Crippen LogP contribution in [0.15, 0.2) is 29.2 Å². The number of nitrogens with zero attached hydrogens (tertiary/aromatic N) is 2. The molecule has 0 aromatic heterocycles. The second-order valence-corrected chi connectivity index (χ2v) is 6.92. The minimum atomic E-state index is -3.33. The Morgan fingerprint density at radius 3 is 2.33 bits per heavy atom. The van der Waals surface area contributed by atoms with Crippen LogP contribution in [-0.4, -0.2) is 38.1 Å². The number of nitrogens with one attached hydrogen (secondary N) is 1. The first kappa shape index (κ1) is 15.0. The number of carbonyl (C=O) groups is 2. The van der Waals surface area contributed by atoms with Crippen LogP contribution in [0.3, 0.4) is 0 Å². The molecule has 7 nitrogen and oxygen atoms in total. The summed E-state index contributed by atoms with van der Waals surface area (Å²) in [5.74, 6) is -0.541. The third kappa shape index (κ3) is 2.48. The first-order valence-electron chi connectivity index (χ1n) is 6.02. The largest absolute Gasteiger partial charge is 0.326 e. The van der Waals surface area contributed by atoms with Gasteiger partial charge in [0.05, 0.1) is 11.0 Å². The van der Waals surface area contributed by atoms with Crippen molar-refractivity contribution >= 4 is 21.8 Å². The van der Waals surface area contributed by atoms with Crippen molar-refractivity contribution in [1.82, 2.24) is 10.2 Å². The molecule has 21 heavy (non-hydrogen) atoms. The van der Waals surface area contributed by atoms with Crippen molar-refractivity contribution in [3.05, 3.63) is 29.8 Å². The molecule has 1 aliphatic rings. The maximum absolute atomic E-state index is 12.3. The summed E-state index contributed by atoms with van der Waals surface area (Å²) < 4.78 is 22.8. The highest BCUT2D eigenvalue weighted by atomic mass is 32.2. The molecule has 0 unspecified atom stereocenters. The zero-order valence-corrected chi connectivity index (χ0v) is 12.3. The molecule has 0 spiro atoms. The summed E-state index contributed by atoms with van der Waals surface area (Å²) in [6, 6.07) is 6.82. The third-order valence-electron chi connectivity index (χ3n) is 3.36. The van der Waals surface area contributed by atoms with Gasteiger partial charge < -0.3 is 5.32 Å². The maximum atomic E-state index is 12.3.